The Balaban J connectivity index is 1.84. The molecular weight excluding hydrogens is 218 g/mol. The van der Waals surface area contributed by atoms with Crippen LogP contribution in [0.25, 0.3) is 0 Å². The van der Waals surface area contributed by atoms with E-state index in [1.807, 2.05) is 13.8 Å². The van der Waals surface area contributed by atoms with Crippen LogP contribution in [0.3, 0.4) is 0 Å². The summed E-state index contributed by atoms with van der Waals surface area (Å²) < 4.78 is 0. The van der Waals surface area contributed by atoms with Gasteiger partial charge in [0.25, 0.3) is 0 Å². The highest BCUT2D eigenvalue weighted by Gasteiger charge is 2.48. The zero-order valence-corrected chi connectivity index (χ0v) is 10.5. The van der Waals surface area contributed by atoms with Gasteiger partial charge in [-0.1, -0.05) is 13.8 Å². The van der Waals surface area contributed by atoms with Crippen LogP contribution in [0.15, 0.2) is 0 Å². The van der Waals surface area contributed by atoms with E-state index < -0.39 is 0 Å². The van der Waals surface area contributed by atoms with E-state index in [1.54, 1.807) is 0 Å². The van der Waals surface area contributed by atoms with Gasteiger partial charge in [-0.2, -0.15) is 0 Å². The molecule has 0 saturated heterocycles. The first-order chi connectivity index (χ1) is 7.91. The van der Waals surface area contributed by atoms with Gasteiger partial charge in [-0.3, -0.25) is 9.59 Å². The van der Waals surface area contributed by atoms with Crippen LogP contribution < -0.4 is 5.32 Å². The first-order valence-electron chi connectivity index (χ1n) is 6.41. The second kappa shape index (κ2) is 4.41. The van der Waals surface area contributed by atoms with Gasteiger partial charge in [-0.15, -0.1) is 0 Å². The fourth-order valence-electron chi connectivity index (χ4n) is 2.64. The molecule has 0 aliphatic heterocycles. The Kier molecular flexibility index (Phi) is 3.25. The number of aliphatic hydroxyl groups is 1. The van der Waals surface area contributed by atoms with E-state index in [0.717, 1.165) is 0 Å². The van der Waals surface area contributed by atoms with Crippen LogP contribution in [0.2, 0.25) is 0 Å². The van der Waals surface area contributed by atoms with E-state index in [9.17, 15) is 14.7 Å². The minimum absolute atomic E-state index is 0.0127. The lowest BCUT2D eigenvalue weighted by Gasteiger charge is -2.49. The SMILES string of the molecule is CC1(C)C(O)CC1NC(=O)C1CCC(=O)CC1. The summed E-state index contributed by atoms with van der Waals surface area (Å²) in [6, 6.07) is 0.0719. The van der Waals surface area contributed by atoms with Crippen LogP contribution in [0, 0.1) is 11.3 Å². The van der Waals surface area contributed by atoms with Crippen molar-refractivity contribution in [1.29, 1.82) is 0 Å². The molecule has 17 heavy (non-hydrogen) atoms. The first-order valence-corrected chi connectivity index (χ1v) is 6.41. The molecule has 2 aliphatic rings. The van der Waals surface area contributed by atoms with Gasteiger partial charge in [0.1, 0.15) is 5.78 Å². The van der Waals surface area contributed by atoms with Crippen LogP contribution >= 0.6 is 0 Å². The Bertz CT molecular complexity index is 328. The van der Waals surface area contributed by atoms with Gasteiger partial charge in [-0.05, 0) is 19.3 Å². The first kappa shape index (κ1) is 12.6. The summed E-state index contributed by atoms with van der Waals surface area (Å²) >= 11 is 0. The van der Waals surface area contributed by atoms with Crippen LogP contribution in [-0.2, 0) is 9.59 Å². The van der Waals surface area contributed by atoms with E-state index in [4.69, 9.17) is 0 Å². The molecule has 4 heteroatoms. The molecule has 4 nitrogen and oxygen atoms in total. The molecule has 2 atom stereocenters. The van der Waals surface area contributed by atoms with Crippen molar-refractivity contribution in [2.45, 2.75) is 58.1 Å². The highest BCUT2D eigenvalue weighted by molar-refractivity contribution is 5.84. The summed E-state index contributed by atoms with van der Waals surface area (Å²) in [4.78, 5) is 23.1. The number of Topliss-reactive ketones (excluding diaryl/α,β-unsaturated/α-hetero) is 1. The molecule has 2 saturated carbocycles. The Morgan fingerprint density at radius 1 is 1.35 bits per heavy atom. The maximum Gasteiger partial charge on any atom is 0.223 e. The maximum atomic E-state index is 12.0. The number of hydrogen-bond acceptors (Lipinski definition) is 3. The number of aliphatic hydroxyl groups excluding tert-OH is 1. The van der Waals surface area contributed by atoms with Gasteiger partial charge in [0.15, 0.2) is 0 Å². The zero-order valence-electron chi connectivity index (χ0n) is 10.5. The van der Waals surface area contributed by atoms with E-state index in [0.29, 0.717) is 32.1 Å². The van der Waals surface area contributed by atoms with Crippen LogP contribution in [-0.4, -0.2) is 28.9 Å². The average molecular weight is 239 g/mol. The number of rotatable bonds is 2. The van der Waals surface area contributed by atoms with Crippen molar-refractivity contribution in [3.05, 3.63) is 0 Å². The highest BCUT2D eigenvalue weighted by Crippen LogP contribution is 2.40. The highest BCUT2D eigenvalue weighted by atomic mass is 16.3. The molecule has 2 rings (SSSR count). The predicted molar refractivity (Wildman–Crippen MR) is 63.3 cm³/mol. The minimum atomic E-state index is -0.319. The van der Waals surface area contributed by atoms with Crippen molar-refractivity contribution in [3.8, 4) is 0 Å². The number of nitrogens with one attached hydrogen (secondary N) is 1. The quantitative estimate of drug-likeness (QED) is 0.756. The smallest absolute Gasteiger partial charge is 0.223 e. The Morgan fingerprint density at radius 2 is 1.94 bits per heavy atom. The number of carbonyl (C=O) groups excluding carboxylic acids is 2. The third-order valence-corrected chi connectivity index (χ3v) is 4.45. The van der Waals surface area contributed by atoms with E-state index >= 15 is 0 Å². The van der Waals surface area contributed by atoms with Gasteiger partial charge >= 0.3 is 0 Å². The zero-order chi connectivity index (χ0) is 12.6. The number of hydrogen-bond donors (Lipinski definition) is 2. The van der Waals surface area contributed by atoms with Crippen LogP contribution in [0.4, 0.5) is 0 Å². The summed E-state index contributed by atoms with van der Waals surface area (Å²) in [5.74, 6) is 0.317. The summed E-state index contributed by atoms with van der Waals surface area (Å²) in [6.07, 6.45) is 2.76. The fraction of sp³-hybridized carbons (Fsp3) is 0.846. The molecule has 2 fully saturated rings. The number of carbonyl (C=O) groups is 2. The Labute approximate surface area is 102 Å². The summed E-state index contributed by atoms with van der Waals surface area (Å²) in [6.45, 7) is 3.94. The molecule has 0 radical (unpaired) electrons. The second-order valence-electron chi connectivity index (χ2n) is 5.95. The third kappa shape index (κ3) is 2.37. The molecule has 0 spiro atoms. The molecule has 0 aromatic rings. The molecule has 1 amide bonds. The van der Waals surface area contributed by atoms with Gasteiger partial charge in [0.05, 0.1) is 6.10 Å². The number of ketones is 1. The van der Waals surface area contributed by atoms with Crippen molar-refractivity contribution in [2.75, 3.05) is 0 Å². The van der Waals surface area contributed by atoms with Crippen molar-refractivity contribution >= 4 is 11.7 Å². The van der Waals surface area contributed by atoms with Gasteiger partial charge in [-0.25, -0.2) is 0 Å². The summed E-state index contributed by atoms with van der Waals surface area (Å²) in [5.41, 5.74) is -0.222. The monoisotopic (exact) mass is 239 g/mol. The molecule has 96 valence electrons. The van der Waals surface area contributed by atoms with Gasteiger partial charge in [0, 0.05) is 30.2 Å². The second-order valence-corrected chi connectivity index (χ2v) is 5.95. The van der Waals surface area contributed by atoms with Crippen LogP contribution in [0.5, 0.6) is 0 Å². The van der Waals surface area contributed by atoms with Gasteiger partial charge in [0.2, 0.25) is 5.91 Å². The Hall–Kier alpha value is -0.900. The van der Waals surface area contributed by atoms with Crippen LogP contribution in [0.1, 0.15) is 46.0 Å². The van der Waals surface area contributed by atoms with Crippen molar-refractivity contribution in [3.63, 3.8) is 0 Å². The molecule has 2 aliphatic carbocycles. The van der Waals surface area contributed by atoms with Crippen molar-refractivity contribution < 1.29 is 14.7 Å². The van der Waals surface area contributed by atoms with E-state index in [2.05, 4.69) is 5.32 Å². The standard InChI is InChI=1S/C13H21NO3/c1-13(2)10(7-11(13)16)14-12(17)8-3-5-9(15)6-4-8/h8,10-11,16H,3-7H2,1-2H3,(H,14,17). The molecule has 0 aromatic heterocycles. The largest absolute Gasteiger partial charge is 0.392 e. The molecule has 2 N–H and O–H groups in total. The third-order valence-electron chi connectivity index (χ3n) is 4.45. The van der Waals surface area contributed by atoms with E-state index in [-0.39, 0.29) is 35.2 Å². The minimum Gasteiger partial charge on any atom is -0.392 e. The maximum absolute atomic E-state index is 12.0. The summed E-state index contributed by atoms with van der Waals surface area (Å²) in [5, 5.41) is 12.6. The molecule has 0 aromatic carbocycles. The lowest BCUT2D eigenvalue weighted by atomic mass is 9.64. The topological polar surface area (TPSA) is 66.4 Å². The summed E-state index contributed by atoms with van der Waals surface area (Å²) in [7, 11) is 0. The Morgan fingerprint density at radius 3 is 2.41 bits per heavy atom. The molecular formula is C13H21NO3. The molecule has 0 heterocycles. The predicted octanol–water partition coefficient (Wildman–Crippen LogP) is 1.02. The number of amides is 1. The van der Waals surface area contributed by atoms with Crippen molar-refractivity contribution in [2.24, 2.45) is 11.3 Å². The van der Waals surface area contributed by atoms with Crippen molar-refractivity contribution in [1.82, 2.24) is 5.32 Å². The fourth-order valence-corrected chi connectivity index (χ4v) is 2.64. The lowest BCUT2D eigenvalue weighted by Crippen LogP contribution is -2.61. The molecule has 2 unspecified atom stereocenters. The average Bonchev–Trinajstić information content (AvgIpc) is 2.29. The molecule has 0 bridgehead atoms. The normalized spacial score (nSPS) is 33.0. The van der Waals surface area contributed by atoms with Gasteiger partial charge < -0.3 is 10.4 Å². The lowest BCUT2D eigenvalue weighted by molar-refractivity contribution is -0.135. The van der Waals surface area contributed by atoms with E-state index in [1.165, 1.54) is 0 Å².